The lowest BCUT2D eigenvalue weighted by Crippen LogP contribution is -2.48. The average Bonchev–Trinajstić information content (AvgIpc) is 2.46. The van der Waals surface area contributed by atoms with Crippen molar-refractivity contribution in [3.63, 3.8) is 0 Å². The highest BCUT2D eigenvalue weighted by Gasteiger charge is 2.20. The number of ether oxygens (including phenoxy) is 1. The topological polar surface area (TPSA) is 15.7 Å². The van der Waals surface area contributed by atoms with Crippen LogP contribution < -0.4 is 0 Å². The first kappa shape index (κ1) is 13.9. The van der Waals surface area contributed by atoms with E-state index in [9.17, 15) is 0 Å². The Morgan fingerprint density at radius 1 is 1.16 bits per heavy atom. The molecular weight excluding hydrogens is 236 g/mol. The summed E-state index contributed by atoms with van der Waals surface area (Å²) in [6, 6.07) is 10.9. The number of hydrogen-bond donors (Lipinski definition) is 0. The van der Waals surface area contributed by atoms with Crippen LogP contribution in [-0.4, -0.2) is 42.0 Å². The van der Waals surface area contributed by atoms with E-state index in [-0.39, 0.29) is 0 Å². The quantitative estimate of drug-likeness (QED) is 0.757. The number of benzene rings is 1. The van der Waals surface area contributed by atoms with Gasteiger partial charge in [-0.2, -0.15) is 0 Å². The fourth-order valence-electron chi connectivity index (χ4n) is 2.32. The summed E-state index contributed by atoms with van der Waals surface area (Å²) in [5.74, 6) is 0.798. The Hall–Kier alpha value is -1.48. The molecule has 0 amide bonds. The maximum Gasteiger partial charge on any atom is 0.182 e. The third-order valence-electron chi connectivity index (χ3n) is 3.65. The third-order valence-corrected chi connectivity index (χ3v) is 3.65. The first-order valence-electron chi connectivity index (χ1n) is 7.01. The van der Waals surface area contributed by atoms with Crippen molar-refractivity contribution in [1.29, 1.82) is 0 Å². The Kier molecular flexibility index (Phi) is 4.86. The molecule has 0 atom stereocenters. The van der Waals surface area contributed by atoms with E-state index in [1.807, 2.05) is 18.2 Å². The molecule has 3 heteroatoms. The van der Waals surface area contributed by atoms with Gasteiger partial charge >= 0.3 is 0 Å². The maximum absolute atomic E-state index is 5.78. The molecule has 19 heavy (non-hydrogen) atoms. The Balaban J connectivity index is 1.76. The van der Waals surface area contributed by atoms with Crippen molar-refractivity contribution in [2.75, 3.05) is 26.2 Å². The first-order valence-corrected chi connectivity index (χ1v) is 7.01. The predicted octanol–water partition coefficient (Wildman–Crippen LogP) is 2.70. The number of piperazine rings is 1. The van der Waals surface area contributed by atoms with Crippen molar-refractivity contribution in [2.24, 2.45) is 0 Å². The second-order valence-electron chi connectivity index (χ2n) is 5.28. The number of nitrogens with zero attached hydrogens (tertiary/aromatic N) is 2. The van der Waals surface area contributed by atoms with Crippen LogP contribution >= 0.6 is 0 Å². The Morgan fingerprint density at radius 3 is 2.37 bits per heavy atom. The summed E-state index contributed by atoms with van der Waals surface area (Å²) in [5, 5.41) is 0. The second-order valence-corrected chi connectivity index (χ2v) is 5.28. The number of hydrogen-bond acceptors (Lipinski definition) is 3. The molecule has 1 heterocycles. The monoisotopic (exact) mass is 260 g/mol. The van der Waals surface area contributed by atoms with Gasteiger partial charge in [0, 0.05) is 32.2 Å². The Morgan fingerprint density at radius 2 is 1.79 bits per heavy atom. The summed E-state index contributed by atoms with van der Waals surface area (Å²) >= 11 is 0. The summed E-state index contributed by atoms with van der Waals surface area (Å²) < 4.78 is 5.78. The molecule has 0 bridgehead atoms. The first-order chi connectivity index (χ1) is 9.16. The summed E-state index contributed by atoms with van der Waals surface area (Å²) in [6.07, 6.45) is 0. The average molecular weight is 260 g/mol. The zero-order valence-electron chi connectivity index (χ0n) is 12.0. The van der Waals surface area contributed by atoms with Gasteiger partial charge < -0.3 is 9.64 Å². The van der Waals surface area contributed by atoms with Gasteiger partial charge in [0.25, 0.3) is 0 Å². The van der Waals surface area contributed by atoms with Crippen LogP contribution in [0.2, 0.25) is 0 Å². The molecule has 2 rings (SSSR count). The van der Waals surface area contributed by atoms with E-state index in [0.717, 1.165) is 32.1 Å². The van der Waals surface area contributed by atoms with Crippen molar-refractivity contribution in [1.82, 2.24) is 9.80 Å². The lowest BCUT2D eigenvalue weighted by molar-refractivity contribution is 0.0560. The summed E-state index contributed by atoms with van der Waals surface area (Å²) in [5.41, 5.74) is 1.18. The molecule has 0 spiro atoms. The highest BCUT2D eigenvalue weighted by molar-refractivity contribution is 5.13. The van der Waals surface area contributed by atoms with Crippen LogP contribution in [0.25, 0.3) is 0 Å². The van der Waals surface area contributed by atoms with Gasteiger partial charge in [0.05, 0.1) is 0 Å². The summed E-state index contributed by atoms with van der Waals surface area (Å²) in [7, 11) is 0. The molecular formula is C16H24N2O. The Bertz CT molecular complexity index is 394. The van der Waals surface area contributed by atoms with E-state index in [1.54, 1.807) is 0 Å². The van der Waals surface area contributed by atoms with Crippen molar-refractivity contribution in [3.05, 3.63) is 48.4 Å². The predicted molar refractivity (Wildman–Crippen MR) is 78.7 cm³/mol. The van der Waals surface area contributed by atoms with Crippen LogP contribution in [0.15, 0.2) is 42.8 Å². The van der Waals surface area contributed by atoms with Crippen LogP contribution in [0.1, 0.15) is 19.4 Å². The lowest BCUT2D eigenvalue weighted by Gasteiger charge is -2.38. The molecule has 1 fully saturated rings. The van der Waals surface area contributed by atoms with Crippen LogP contribution in [0.4, 0.5) is 0 Å². The molecule has 104 valence electrons. The fourth-order valence-corrected chi connectivity index (χ4v) is 2.32. The smallest absolute Gasteiger partial charge is 0.182 e. The minimum absolute atomic E-state index is 0.601. The molecule has 0 N–H and O–H groups in total. The van der Waals surface area contributed by atoms with Gasteiger partial charge in [0.2, 0.25) is 0 Å². The largest absolute Gasteiger partial charge is 0.475 e. The fraction of sp³-hybridized carbons (Fsp3) is 0.500. The minimum atomic E-state index is 0.601. The van der Waals surface area contributed by atoms with E-state index >= 15 is 0 Å². The van der Waals surface area contributed by atoms with Crippen LogP contribution in [-0.2, 0) is 11.3 Å². The zero-order chi connectivity index (χ0) is 13.7. The second kappa shape index (κ2) is 6.62. The van der Waals surface area contributed by atoms with E-state index in [0.29, 0.717) is 12.6 Å². The van der Waals surface area contributed by atoms with Gasteiger partial charge in [-0.3, -0.25) is 4.90 Å². The van der Waals surface area contributed by atoms with Crippen LogP contribution in [0, 0.1) is 0 Å². The highest BCUT2D eigenvalue weighted by atomic mass is 16.5. The molecule has 1 aliphatic rings. The van der Waals surface area contributed by atoms with Gasteiger partial charge in [-0.25, -0.2) is 0 Å². The van der Waals surface area contributed by atoms with Gasteiger partial charge in [-0.05, 0) is 26.0 Å². The molecule has 3 nitrogen and oxygen atoms in total. The van der Waals surface area contributed by atoms with Gasteiger partial charge in [-0.1, -0.05) is 30.3 Å². The van der Waals surface area contributed by atoms with E-state index in [4.69, 9.17) is 4.74 Å². The van der Waals surface area contributed by atoms with E-state index < -0.39 is 0 Å². The molecule has 0 aliphatic carbocycles. The third kappa shape index (κ3) is 4.00. The SMILES string of the molecule is C=C(OCc1ccccc1)N1CCN(C(C)C)CC1. The summed E-state index contributed by atoms with van der Waals surface area (Å²) in [4.78, 5) is 4.72. The maximum atomic E-state index is 5.78. The van der Waals surface area contributed by atoms with Crippen molar-refractivity contribution in [2.45, 2.75) is 26.5 Å². The molecule has 1 aromatic carbocycles. The van der Waals surface area contributed by atoms with Crippen molar-refractivity contribution < 1.29 is 4.74 Å². The molecule has 1 aliphatic heterocycles. The van der Waals surface area contributed by atoms with Gasteiger partial charge in [0.15, 0.2) is 5.88 Å². The Labute approximate surface area is 116 Å². The normalized spacial score (nSPS) is 16.7. The van der Waals surface area contributed by atoms with E-state index in [2.05, 4.69) is 42.4 Å². The van der Waals surface area contributed by atoms with Crippen LogP contribution in [0.3, 0.4) is 0 Å². The number of rotatable bonds is 5. The zero-order valence-corrected chi connectivity index (χ0v) is 12.0. The van der Waals surface area contributed by atoms with Crippen molar-refractivity contribution >= 4 is 0 Å². The van der Waals surface area contributed by atoms with Gasteiger partial charge in [-0.15, -0.1) is 0 Å². The molecule has 0 aromatic heterocycles. The molecule has 0 saturated carbocycles. The van der Waals surface area contributed by atoms with Crippen molar-refractivity contribution in [3.8, 4) is 0 Å². The highest BCUT2D eigenvalue weighted by Crippen LogP contribution is 2.13. The lowest BCUT2D eigenvalue weighted by atomic mass is 10.2. The van der Waals surface area contributed by atoms with Crippen LogP contribution in [0.5, 0.6) is 0 Å². The van der Waals surface area contributed by atoms with E-state index in [1.165, 1.54) is 5.56 Å². The molecule has 0 unspecified atom stereocenters. The standard InChI is InChI=1S/C16H24N2O/c1-14(2)17-9-11-18(12-10-17)15(3)19-13-16-7-5-4-6-8-16/h4-8,14H,3,9-13H2,1-2H3. The summed E-state index contributed by atoms with van der Waals surface area (Å²) in [6.45, 7) is 13.3. The molecule has 1 aromatic rings. The molecule has 1 saturated heterocycles. The minimum Gasteiger partial charge on any atom is -0.475 e. The van der Waals surface area contributed by atoms with Gasteiger partial charge in [0.1, 0.15) is 6.61 Å². The molecule has 0 radical (unpaired) electrons.